The number of carbonyl (C=O) groups excluding carboxylic acids is 2. The lowest BCUT2D eigenvalue weighted by molar-refractivity contribution is -0.137. The van der Waals surface area contributed by atoms with Gasteiger partial charge in [-0.3, -0.25) is 14.6 Å². The largest absolute Gasteiger partial charge is 0.416 e. The van der Waals surface area contributed by atoms with E-state index in [2.05, 4.69) is 25.7 Å². The van der Waals surface area contributed by atoms with Crippen LogP contribution in [0.15, 0.2) is 48.8 Å². The summed E-state index contributed by atoms with van der Waals surface area (Å²) in [6.07, 6.45) is -1.14. The molecule has 0 atom stereocenters. The van der Waals surface area contributed by atoms with Crippen molar-refractivity contribution in [3.05, 3.63) is 77.0 Å². The molecule has 3 heterocycles. The number of alkyl halides is 3. The normalized spacial score (nSPS) is 11.5. The van der Waals surface area contributed by atoms with Gasteiger partial charge in [-0.25, -0.2) is 13.9 Å². The highest BCUT2D eigenvalue weighted by atomic mass is 19.4. The standard InChI is InChI=1S/C24H20F4N6O2/c1-3-19-17(23(36)30-10-14-8-16(24(26,27)28)4-5-18(14)25)9-15(11-29-19)20-6-7-22-32-21(31-13(2)35)12-34(22)33-20/h4-9,11-12H,3,10H2,1-2H3,(H,30,36)(H,31,35). The SMILES string of the molecule is CCc1ncc(-c2ccc3nc(NC(C)=O)cn3n2)cc1C(=O)NCc1cc(C(F)(F)F)ccc1F. The molecule has 4 rings (SSSR count). The second kappa shape index (κ2) is 9.72. The van der Waals surface area contributed by atoms with Crippen molar-refractivity contribution in [3.63, 3.8) is 0 Å². The van der Waals surface area contributed by atoms with Crippen LogP contribution in [0.4, 0.5) is 23.4 Å². The smallest absolute Gasteiger partial charge is 0.348 e. The molecule has 36 heavy (non-hydrogen) atoms. The highest BCUT2D eigenvalue weighted by molar-refractivity contribution is 5.96. The summed E-state index contributed by atoms with van der Waals surface area (Å²) in [5.41, 5.74) is 0.797. The molecule has 1 aromatic carbocycles. The predicted octanol–water partition coefficient (Wildman–Crippen LogP) is 4.40. The first kappa shape index (κ1) is 24.8. The Labute approximate surface area is 202 Å². The van der Waals surface area contributed by atoms with E-state index in [1.54, 1.807) is 31.3 Å². The van der Waals surface area contributed by atoms with Gasteiger partial charge in [0, 0.05) is 30.8 Å². The maximum atomic E-state index is 14.1. The summed E-state index contributed by atoms with van der Waals surface area (Å²) in [7, 11) is 0. The number of fused-ring (bicyclic) bond motifs is 1. The molecule has 12 heteroatoms. The van der Waals surface area contributed by atoms with Crippen LogP contribution in [0.2, 0.25) is 0 Å². The number of pyridine rings is 1. The monoisotopic (exact) mass is 500 g/mol. The fraction of sp³-hybridized carbons (Fsp3) is 0.208. The zero-order valence-corrected chi connectivity index (χ0v) is 19.2. The number of nitrogens with zero attached hydrogens (tertiary/aromatic N) is 4. The van der Waals surface area contributed by atoms with Gasteiger partial charge in [-0.1, -0.05) is 6.92 Å². The van der Waals surface area contributed by atoms with Crippen LogP contribution in [-0.4, -0.2) is 31.4 Å². The molecule has 0 bridgehead atoms. The molecule has 186 valence electrons. The van der Waals surface area contributed by atoms with Gasteiger partial charge in [0.2, 0.25) is 5.91 Å². The topological polar surface area (TPSA) is 101 Å². The number of rotatable bonds is 6. The molecule has 0 aliphatic rings. The molecule has 4 aromatic rings. The van der Waals surface area contributed by atoms with E-state index in [9.17, 15) is 27.2 Å². The Hall–Kier alpha value is -4.35. The van der Waals surface area contributed by atoms with Crippen molar-refractivity contribution in [2.24, 2.45) is 0 Å². The number of hydrogen-bond donors (Lipinski definition) is 2. The fourth-order valence-corrected chi connectivity index (χ4v) is 3.55. The van der Waals surface area contributed by atoms with Gasteiger partial charge in [-0.15, -0.1) is 0 Å². The van der Waals surface area contributed by atoms with Crippen LogP contribution in [0.25, 0.3) is 16.9 Å². The molecule has 0 fully saturated rings. The number of benzene rings is 1. The molecular weight excluding hydrogens is 480 g/mol. The molecule has 0 saturated carbocycles. The summed E-state index contributed by atoms with van der Waals surface area (Å²) in [5, 5.41) is 9.49. The zero-order chi connectivity index (χ0) is 26.0. The Morgan fingerprint density at radius 1 is 1.11 bits per heavy atom. The van der Waals surface area contributed by atoms with Crippen LogP contribution < -0.4 is 10.6 Å². The average Bonchev–Trinajstić information content (AvgIpc) is 3.22. The van der Waals surface area contributed by atoms with Gasteiger partial charge in [0.05, 0.1) is 28.7 Å². The first-order chi connectivity index (χ1) is 17.0. The molecule has 0 radical (unpaired) electrons. The van der Waals surface area contributed by atoms with E-state index in [0.29, 0.717) is 47.0 Å². The number of aromatic nitrogens is 4. The van der Waals surface area contributed by atoms with Crippen molar-refractivity contribution >= 4 is 23.3 Å². The van der Waals surface area contributed by atoms with E-state index < -0.39 is 30.0 Å². The first-order valence-corrected chi connectivity index (χ1v) is 10.8. The summed E-state index contributed by atoms with van der Waals surface area (Å²) >= 11 is 0. The van der Waals surface area contributed by atoms with E-state index in [-0.39, 0.29) is 17.0 Å². The highest BCUT2D eigenvalue weighted by Gasteiger charge is 2.31. The summed E-state index contributed by atoms with van der Waals surface area (Å²) in [5.74, 6) is -1.43. The summed E-state index contributed by atoms with van der Waals surface area (Å²) in [4.78, 5) is 32.7. The van der Waals surface area contributed by atoms with Gasteiger partial charge in [0.25, 0.3) is 5.91 Å². The van der Waals surface area contributed by atoms with Crippen molar-refractivity contribution in [3.8, 4) is 11.3 Å². The number of hydrogen-bond acceptors (Lipinski definition) is 5. The minimum atomic E-state index is -4.63. The van der Waals surface area contributed by atoms with E-state index >= 15 is 0 Å². The zero-order valence-electron chi connectivity index (χ0n) is 19.2. The summed E-state index contributed by atoms with van der Waals surface area (Å²) in [6, 6.07) is 6.94. The second-order valence-corrected chi connectivity index (χ2v) is 7.89. The molecule has 2 amide bonds. The maximum Gasteiger partial charge on any atom is 0.416 e. The lowest BCUT2D eigenvalue weighted by Gasteiger charge is -2.12. The molecular formula is C24H20F4N6O2. The van der Waals surface area contributed by atoms with Gasteiger partial charge in [-0.2, -0.15) is 18.3 Å². The van der Waals surface area contributed by atoms with Gasteiger partial charge in [-0.05, 0) is 42.8 Å². The van der Waals surface area contributed by atoms with Crippen LogP contribution >= 0.6 is 0 Å². The van der Waals surface area contributed by atoms with E-state index in [1.165, 1.54) is 17.6 Å². The number of amides is 2. The highest BCUT2D eigenvalue weighted by Crippen LogP contribution is 2.30. The van der Waals surface area contributed by atoms with Crippen molar-refractivity contribution in [2.75, 3.05) is 5.32 Å². The molecule has 8 nitrogen and oxygen atoms in total. The van der Waals surface area contributed by atoms with Gasteiger partial charge in [0.1, 0.15) is 5.82 Å². The van der Waals surface area contributed by atoms with Crippen LogP contribution in [-0.2, 0) is 23.9 Å². The lowest BCUT2D eigenvalue weighted by atomic mass is 10.1. The van der Waals surface area contributed by atoms with Crippen molar-refractivity contribution in [1.29, 1.82) is 0 Å². The van der Waals surface area contributed by atoms with Crippen LogP contribution in [0.3, 0.4) is 0 Å². The second-order valence-electron chi connectivity index (χ2n) is 7.89. The Morgan fingerprint density at radius 3 is 2.58 bits per heavy atom. The fourth-order valence-electron chi connectivity index (χ4n) is 3.55. The molecule has 0 spiro atoms. The molecule has 3 aromatic heterocycles. The Bertz CT molecular complexity index is 1470. The maximum absolute atomic E-state index is 14.1. The number of nitrogens with one attached hydrogen (secondary N) is 2. The Balaban J connectivity index is 1.60. The number of aryl methyl sites for hydroxylation is 1. The van der Waals surface area contributed by atoms with Crippen molar-refractivity contribution in [1.82, 2.24) is 24.9 Å². The number of carbonyl (C=O) groups is 2. The first-order valence-electron chi connectivity index (χ1n) is 10.8. The molecule has 2 N–H and O–H groups in total. The quantitative estimate of drug-likeness (QED) is 0.382. The number of anilines is 1. The minimum absolute atomic E-state index is 0.189. The Morgan fingerprint density at radius 2 is 1.89 bits per heavy atom. The third kappa shape index (κ3) is 5.32. The molecule has 0 saturated heterocycles. The number of imidazole rings is 1. The average molecular weight is 500 g/mol. The third-order valence-electron chi connectivity index (χ3n) is 5.28. The number of halogens is 4. The van der Waals surface area contributed by atoms with Crippen LogP contribution in [0.1, 0.15) is 41.0 Å². The molecule has 0 aliphatic heterocycles. The van der Waals surface area contributed by atoms with Gasteiger partial charge in [0.15, 0.2) is 11.5 Å². The third-order valence-corrected chi connectivity index (χ3v) is 5.28. The summed E-state index contributed by atoms with van der Waals surface area (Å²) in [6.45, 7) is 2.72. The molecule has 0 aliphatic carbocycles. The Kier molecular flexibility index (Phi) is 6.69. The van der Waals surface area contributed by atoms with Crippen LogP contribution in [0.5, 0.6) is 0 Å². The van der Waals surface area contributed by atoms with E-state index in [0.717, 1.165) is 6.07 Å². The lowest BCUT2D eigenvalue weighted by Crippen LogP contribution is -2.25. The van der Waals surface area contributed by atoms with E-state index in [1.807, 2.05) is 0 Å². The summed E-state index contributed by atoms with van der Waals surface area (Å²) < 4.78 is 54.5. The predicted molar refractivity (Wildman–Crippen MR) is 122 cm³/mol. The van der Waals surface area contributed by atoms with Gasteiger partial charge >= 0.3 is 6.18 Å². The molecule has 0 unspecified atom stereocenters. The van der Waals surface area contributed by atoms with Gasteiger partial charge < -0.3 is 10.6 Å². The van der Waals surface area contributed by atoms with E-state index in [4.69, 9.17) is 0 Å². The van der Waals surface area contributed by atoms with Crippen LogP contribution in [0, 0.1) is 5.82 Å². The minimum Gasteiger partial charge on any atom is -0.348 e. The van der Waals surface area contributed by atoms with Crippen molar-refractivity contribution < 1.29 is 27.2 Å². The van der Waals surface area contributed by atoms with Crippen molar-refractivity contribution in [2.45, 2.75) is 33.0 Å².